The number of rotatable bonds is 2. The maximum atomic E-state index is 11.5. The average Bonchev–Trinajstić information content (AvgIpc) is 2.42. The average molecular weight is 183 g/mol. The molecular formula is C8H13N3O2. The fourth-order valence-corrected chi connectivity index (χ4v) is 1.05. The van der Waals surface area contributed by atoms with Crippen LogP contribution in [-0.2, 0) is 11.9 Å². The van der Waals surface area contributed by atoms with Crippen molar-refractivity contribution in [1.29, 1.82) is 0 Å². The normalized spacial score (nSPS) is 10.1. The molecule has 0 radical (unpaired) electrons. The van der Waals surface area contributed by atoms with Crippen LogP contribution in [-0.4, -0.2) is 29.7 Å². The molecular weight excluding hydrogens is 170 g/mol. The van der Waals surface area contributed by atoms with Gasteiger partial charge in [-0.25, -0.2) is 5.06 Å². The van der Waals surface area contributed by atoms with Crippen LogP contribution in [0, 0.1) is 0 Å². The van der Waals surface area contributed by atoms with E-state index in [0.29, 0.717) is 11.4 Å². The summed E-state index contributed by atoms with van der Waals surface area (Å²) in [6.45, 7) is 0. The van der Waals surface area contributed by atoms with Crippen molar-refractivity contribution in [1.82, 2.24) is 9.63 Å². The highest BCUT2D eigenvalue weighted by Gasteiger charge is 2.14. The van der Waals surface area contributed by atoms with Crippen LogP contribution >= 0.6 is 0 Å². The minimum absolute atomic E-state index is 0.221. The fourth-order valence-electron chi connectivity index (χ4n) is 1.05. The Bertz CT molecular complexity index is 319. The number of carbonyl (C=O) groups excluding carboxylic acids is 1. The summed E-state index contributed by atoms with van der Waals surface area (Å²) in [7, 11) is 4.74. The first kappa shape index (κ1) is 9.60. The van der Waals surface area contributed by atoms with Gasteiger partial charge in [-0.05, 0) is 6.07 Å². The van der Waals surface area contributed by atoms with Crippen LogP contribution in [0.4, 0.5) is 5.69 Å². The van der Waals surface area contributed by atoms with Gasteiger partial charge in [0.05, 0.1) is 12.8 Å². The first-order chi connectivity index (χ1) is 6.06. The summed E-state index contributed by atoms with van der Waals surface area (Å²) in [6, 6.07) is 1.61. The monoisotopic (exact) mass is 183 g/mol. The molecule has 1 aromatic heterocycles. The third-order valence-corrected chi connectivity index (χ3v) is 1.81. The quantitative estimate of drug-likeness (QED) is 0.668. The molecule has 0 spiro atoms. The van der Waals surface area contributed by atoms with Crippen molar-refractivity contribution in [2.24, 2.45) is 7.05 Å². The van der Waals surface area contributed by atoms with Gasteiger partial charge in [0.15, 0.2) is 0 Å². The van der Waals surface area contributed by atoms with Crippen LogP contribution in [0.1, 0.15) is 10.5 Å². The summed E-state index contributed by atoms with van der Waals surface area (Å²) in [6.07, 6.45) is 1.68. The third-order valence-electron chi connectivity index (χ3n) is 1.81. The molecule has 5 heteroatoms. The van der Waals surface area contributed by atoms with Gasteiger partial charge in [0.2, 0.25) is 0 Å². The van der Waals surface area contributed by atoms with E-state index in [2.05, 4.69) is 0 Å². The number of aromatic nitrogens is 1. The number of aryl methyl sites for hydroxylation is 1. The molecule has 1 amide bonds. The number of carbonyl (C=O) groups is 1. The summed E-state index contributed by atoms with van der Waals surface area (Å²) in [5.74, 6) is -0.221. The SMILES string of the molecule is CON(C)C(=O)c1cc(N)cn1C. The van der Waals surface area contributed by atoms with E-state index >= 15 is 0 Å². The van der Waals surface area contributed by atoms with Crippen LogP contribution in [0.15, 0.2) is 12.3 Å². The van der Waals surface area contributed by atoms with Crippen LogP contribution in [0.5, 0.6) is 0 Å². The first-order valence-corrected chi connectivity index (χ1v) is 3.80. The van der Waals surface area contributed by atoms with Crippen molar-refractivity contribution >= 4 is 11.6 Å². The summed E-state index contributed by atoms with van der Waals surface area (Å²) in [4.78, 5) is 16.3. The van der Waals surface area contributed by atoms with Crippen LogP contribution in [0.25, 0.3) is 0 Å². The predicted molar refractivity (Wildman–Crippen MR) is 48.9 cm³/mol. The Kier molecular flexibility index (Phi) is 2.57. The van der Waals surface area contributed by atoms with E-state index in [-0.39, 0.29) is 5.91 Å². The van der Waals surface area contributed by atoms with Gasteiger partial charge < -0.3 is 10.3 Å². The van der Waals surface area contributed by atoms with Crippen molar-refractivity contribution in [2.45, 2.75) is 0 Å². The number of hydroxylamine groups is 2. The first-order valence-electron chi connectivity index (χ1n) is 3.80. The number of amides is 1. The molecule has 0 fully saturated rings. The molecule has 72 valence electrons. The molecule has 13 heavy (non-hydrogen) atoms. The lowest BCUT2D eigenvalue weighted by molar-refractivity contribution is -0.0762. The topological polar surface area (TPSA) is 60.5 Å². The molecule has 0 aliphatic heterocycles. The smallest absolute Gasteiger partial charge is 0.293 e. The molecule has 5 nitrogen and oxygen atoms in total. The molecule has 0 aliphatic carbocycles. The largest absolute Gasteiger partial charge is 0.397 e. The summed E-state index contributed by atoms with van der Waals surface area (Å²) in [5.41, 5.74) is 6.59. The second kappa shape index (κ2) is 3.49. The van der Waals surface area contributed by atoms with Gasteiger partial charge >= 0.3 is 0 Å². The number of nitrogens with two attached hydrogens (primary N) is 1. The Labute approximate surface area is 76.6 Å². The Balaban J connectivity index is 2.94. The number of anilines is 1. The van der Waals surface area contributed by atoms with Gasteiger partial charge in [0.25, 0.3) is 5.91 Å². The molecule has 1 rings (SSSR count). The van der Waals surface area contributed by atoms with Gasteiger partial charge in [0, 0.05) is 20.3 Å². The Morgan fingerprint density at radius 1 is 1.69 bits per heavy atom. The Hall–Kier alpha value is -1.49. The standard InChI is InChI=1S/C8H13N3O2/c1-10-5-6(9)4-7(10)8(12)11(2)13-3/h4-5H,9H2,1-3H3. The van der Waals surface area contributed by atoms with E-state index < -0.39 is 0 Å². The highest BCUT2D eigenvalue weighted by atomic mass is 16.7. The Morgan fingerprint density at radius 3 is 2.69 bits per heavy atom. The molecule has 2 N–H and O–H groups in total. The Morgan fingerprint density at radius 2 is 2.31 bits per heavy atom. The zero-order chi connectivity index (χ0) is 10.0. The second-order valence-electron chi connectivity index (χ2n) is 2.75. The van der Waals surface area contributed by atoms with E-state index in [1.807, 2.05) is 0 Å². The zero-order valence-electron chi connectivity index (χ0n) is 7.94. The van der Waals surface area contributed by atoms with Gasteiger partial charge in [-0.1, -0.05) is 0 Å². The molecule has 0 bridgehead atoms. The van der Waals surface area contributed by atoms with E-state index in [4.69, 9.17) is 10.6 Å². The van der Waals surface area contributed by atoms with Crippen LogP contribution in [0.3, 0.4) is 0 Å². The number of nitrogens with zero attached hydrogens (tertiary/aromatic N) is 2. The van der Waals surface area contributed by atoms with E-state index in [1.165, 1.54) is 7.11 Å². The number of nitrogen functional groups attached to an aromatic ring is 1. The molecule has 0 atom stereocenters. The van der Waals surface area contributed by atoms with Crippen LogP contribution < -0.4 is 5.73 Å². The molecule has 0 aliphatic rings. The molecule has 1 aromatic rings. The maximum Gasteiger partial charge on any atom is 0.293 e. The summed E-state index contributed by atoms with van der Waals surface area (Å²) >= 11 is 0. The lowest BCUT2D eigenvalue weighted by atomic mass is 10.4. The van der Waals surface area contributed by atoms with Crippen molar-refractivity contribution in [3.05, 3.63) is 18.0 Å². The molecule has 0 unspecified atom stereocenters. The molecule has 0 aromatic carbocycles. The number of hydrogen-bond acceptors (Lipinski definition) is 3. The fraction of sp³-hybridized carbons (Fsp3) is 0.375. The van der Waals surface area contributed by atoms with Gasteiger partial charge in [-0.15, -0.1) is 0 Å². The molecule has 1 heterocycles. The predicted octanol–water partition coefficient (Wildman–Crippen LogP) is 0.241. The van der Waals surface area contributed by atoms with E-state index in [1.54, 1.807) is 30.9 Å². The van der Waals surface area contributed by atoms with Gasteiger partial charge in [-0.3, -0.25) is 9.63 Å². The summed E-state index contributed by atoms with van der Waals surface area (Å²) < 4.78 is 1.66. The molecule has 0 saturated carbocycles. The second-order valence-corrected chi connectivity index (χ2v) is 2.75. The summed E-state index contributed by atoms with van der Waals surface area (Å²) in [5, 5.41) is 1.15. The zero-order valence-corrected chi connectivity index (χ0v) is 7.94. The lowest BCUT2D eigenvalue weighted by Crippen LogP contribution is -2.26. The van der Waals surface area contributed by atoms with Crippen LogP contribution in [0.2, 0.25) is 0 Å². The lowest BCUT2D eigenvalue weighted by Gasteiger charge is -2.13. The molecule has 0 saturated heterocycles. The van der Waals surface area contributed by atoms with Crippen molar-refractivity contribution in [3.63, 3.8) is 0 Å². The number of hydrogen-bond donors (Lipinski definition) is 1. The highest BCUT2D eigenvalue weighted by Crippen LogP contribution is 2.10. The van der Waals surface area contributed by atoms with E-state index in [9.17, 15) is 4.79 Å². The van der Waals surface area contributed by atoms with E-state index in [0.717, 1.165) is 5.06 Å². The maximum absolute atomic E-state index is 11.5. The van der Waals surface area contributed by atoms with Crippen molar-refractivity contribution in [2.75, 3.05) is 19.9 Å². The van der Waals surface area contributed by atoms with Gasteiger partial charge in [-0.2, -0.15) is 0 Å². The minimum Gasteiger partial charge on any atom is -0.397 e. The van der Waals surface area contributed by atoms with Gasteiger partial charge in [0.1, 0.15) is 5.69 Å². The minimum atomic E-state index is -0.221. The van der Waals surface area contributed by atoms with Crippen molar-refractivity contribution in [3.8, 4) is 0 Å². The van der Waals surface area contributed by atoms with Crippen molar-refractivity contribution < 1.29 is 9.63 Å². The third kappa shape index (κ3) is 1.81. The highest BCUT2D eigenvalue weighted by molar-refractivity contribution is 5.92.